The smallest absolute Gasteiger partial charge is 0.0558 e. The van der Waals surface area contributed by atoms with Gasteiger partial charge >= 0.3 is 0 Å². The number of rotatable bonds is 8. The summed E-state index contributed by atoms with van der Waals surface area (Å²) < 4.78 is 0. The molecule has 13 heavy (non-hydrogen) atoms. The van der Waals surface area contributed by atoms with Gasteiger partial charge in [-0.1, -0.05) is 26.7 Å². The van der Waals surface area contributed by atoms with Crippen LogP contribution in [0.25, 0.3) is 0 Å². The average molecular weight is 187 g/mol. The molecule has 0 radical (unpaired) electrons. The largest absolute Gasteiger partial charge is 0.395 e. The first kappa shape index (κ1) is 12.9. The van der Waals surface area contributed by atoms with Crippen LogP contribution in [-0.2, 0) is 0 Å². The molecule has 0 aromatic rings. The summed E-state index contributed by atoms with van der Waals surface area (Å²) in [6.07, 6.45) is 4.95. The highest BCUT2D eigenvalue weighted by Gasteiger charge is 2.10. The monoisotopic (exact) mass is 187 g/mol. The minimum atomic E-state index is 0.289. The van der Waals surface area contributed by atoms with Crippen LogP contribution in [0.5, 0.6) is 0 Å². The van der Waals surface area contributed by atoms with Crippen molar-refractivity contribution in [1.82, 2.24) is 4.90 Å². The molecule has 1 N–H and O–H groups in total. The van der Waals surface area contributed by atoms with Crippen LogP contribution in [-0.4, -0.2) is 35.7 Å². The second kappa shape index (κ2) is 8.52. The quantitative estimate of drug-likeness (QED) is 0.630. The lowest BCUT2D eigenvalue weighted by molar-refractivity contribution is 0.150. The van der Waals surface area contributed by atoms with Crippen LogP contribution in [0.1, 0.15) is 46.5 Å². The van der Waals surface area contributed by atoms with Gasteiger partial charge in [-0.2, -0.15) is 0 Å². The summed E-state index contributed by atoms with van der Waals surface area (Å²) in [5, 5.41) is 8.91. The number of aliphatic hydroxyl groups is 1. The number of hydrogen-bond donors (Lipinski definition) is 1. The third-order valence-corrected chi connectivity index (χ3v) is 2.52. The van der Waals surface area contributed by atoms with E-state index in [1.807, 2.05) is 0 Å². The van der Waals surface area contributed by atoms with Gasteiger partial charge in [0.25, 0.3) is 0 Å². The van der Waals surface area contributed by atoms with Gasteiger partial charge < -0.3 is 5.11 Å². The highest BCUT2D eigenvalue weighted by Crippen LogP contribution is 2.07. The van der Waals surface area contributed by atoms with Crippen molar-refractivity contribution in [2.75, 3.05) is 19.7 Å². The van der Waals surface area contributed by atoms with Crippen molar-refractivity contribution in [3.05, 3.63) is 0 Å². The number of aliphatic hydroxyl groups excluding tert-OH is 1. The maximum absolute atomic E-state index is 8.91. The molecule has 0 saturated carbocycles. The average Bonchev–Trinajstić information content (AvgIpc) is 2.12. The van der Waals surface area contributed by atoms with Crippen LogP contribution in [0.4, 0.5) is 0 Å². The Morgan fingerprint density at radius 2 is 1.85 bits per heavy atom. The molecule has 2 nitrogen and oxygen atoms in total. The standard InChI is InChI=1S/C11H25NO/c1-4-6-8-12(9-10-13)11(3)7-5-2/h11,13H,4-10H2,1-3H3. The molecule has 0 saturated heterocycles. The SMILES string of the molecule is CCCCN(CCO)C(C)CCC. The molecule has 2 heteroatoms. The molecular weight excluding hydrogens is 162 g/mol. The summed E-state index contributed by atoms with van der Waals surface area (Å²) in [7, 11) is 0. The molecule has 0 heterocycles. The van der Waals surface area contributed by atoms with Gasteiger partial charge in [-0.15, -0.1) is 0 Å². The summed E-state index contributed by atoms with van der Waals surface area (Å²) in [4.78, 5) is 2.40. The Morgan fingerprint density at radius 1 is 1.15 bits per heavy atom. The van der Waals surface area contributed by atoms with Gasteiger partial charge in [0.05, 0.1) is 6.61 Å². The number of nitrogens with zero attached hydrogens (tertiary/aromatic N) is 1. The van der Waals surface area contributed by atoms with E-state index in [4.69, 9.17) is 5.11 Å². The van der Waals surface area contributed by atoms with E-state index in [1.54, 1.807) is 0 Å². The van der Waals surface area contributed by atoms with Crippen molar-refractivity contribution in [3.63, 3.8) is 0 Å². The topological polar surface area (TPSA) is 23.5 Å². The molecule has 1 atom stereocenters. The zero-order valence-electron chi connectivity index (χ0n) is 9.42. The number of unbranched alkanes of at least 4 members (excludes halogenated alkanes) is 1. The fraction of sp³-hybridized carbons (Fsp3) is 1.00. The fourth-order valence-electron chi connectivity index (χ4n) is 1.64. The Kier molecular flexibility index (Phi) is 8.46. The van der Waals surface area contributed by atoms with Gasteiger partial charge in [0.1, 0.15) is 0 Å². The zero-order chi connectivity index (χ0) is 10.1. The molecule has 80 valence electrons. The molecule has 0 aliphatic carbocycles. The fourth-order valence-corrected chi connectivity index (χ4v) is 1.64. The first-order valence-corrected chi connectivity index (χ1v) is 5.61. The van der Waals surface area contributed by atoms with Crippen LogP contribution in [0.2, 0.25) is 0 Å². The Bertz CT molecular complexity index is 106. The summed E-state index contributed by atoms with van der Waals surface area (Å²) in [6, 6.07) is 0.628. The molecule has 0 aliphatic rings. The number of hydrogen-bond acceptors (Lipinski definition) is 2. The third kappa shape index (κ3) is 6.05. The Hall–Kier alpha value is -0.0800. The Labute approximate surface area is 82.9 Å². The summed E-state index contributed by atoms with van der Waals surface area (Å²) in [5.74, 6) is 0. The van der Waals surface area contributed by atoms with E-state index in [1.165, 1.54) is 25.7 Å². The Morgan fingerprint density at radius 3 is 2.31 bits per heavy atom. The van der Waals surface area contributed by atoms with Crippen LogP contribution >= 0.6 is 0 Å². The highest BCUT2D eigenvalue weighted by molar-refractivity contribution is 4.66. The summed E-state index contributed by atoms with van der Waals surface area (Å²) >= 11 is 0. The molecule has 0 aliphatic heterocycles. The first-order valence-electron chi connectivity index (χ1n) is 5.61. The molecule has 0 rings (SSSR count). The van der Waals surface area contributed by atoms with E-state index in [0.717, 1.165) is 13.1 Å². The van der Waals surface area contributed by atoms with E-state index >= 15 is 0 Å². The van der Waals surface area contributed by atoms with Gasteiger partial charge in [-0.25, -0.2) is 0 Å². The normalized spacial score (nSPS) is 13.6. The predicted octanol–water partition coefficient (Wildman–Crippen LogP) is 2.27. The van der Waals surface area contributed by atoms with Crippen molar-refractivity contribution in [1.29, 1.82) is 0 Å². The van der Waals surface area contributed by atoms with Crippen molar-refractivity contribution < 1.29 is 5.11 Å². The van der Waals surface area contributed by atoms with E-state index in [0.29, 0.717) is 6.04 Å². The molecule has 0 amide bonds. The molecule has 0 spiro atoms. The first-order chi connectivity index (χ1) is 6.26. The van der Waals surface area contributed by atoms with E-state index in [9.17, 15) is 0 Å². The van der Waals surface area contributed by atoms with Crippen molar-refractivity contribution in [2.45, 2.75) is 52.5 Å². The molecular formula is C11H25NO. The van der Waals surface area contributed by atoms with Gasteiger partial charge in [0.2, 0.25) is 0 Å². The van der Waals surface area contributed by atoms with E-state index in [-0.39, 0.29) is 6.61 Å². The zero-order valence-corrected chi connectivity index (χ0v) is 9.42. The van der Waals surface area contributed by atoms with Crippen molar-refractivity contribution >= 4 is 0 Å². The highest BCUT2D eigenvalue weighted by atomic mass is 16.3. The van der Waals surface area contributed by atoms with Crippen LogP contribution in [0.3, 0.4) is 0 Å². The minimum Gasteiger partial charge on any atom is -0.395 e. The summed E-state index contributed by atoms with van der Waals surface area (Å²) in [6.45, 7) is 8.95. The van der Waals surface area contributed by atoms with Gasteiger partial charge in [-0.3, -0.25) is 4.90 Å². The lowest BCUT2D eigenvalue weighted by atomic mass is 10.1. The van der Waals surface area contributed by atoms with Crippen molar-refractivity contribution in [2.24, 2.45) is 0 Å². The molecule has 0 aromatic carbocycles. The summed E-state index contributed by atoms with van der Waals surface area (Å²) in [5.41, 5.74) is 0. The van der Waals surface area contributed by atoms with Crippen LogP contribution in [0, 0.1) is 0 Å². The second-order valence-corrected chi connectivity index (χ2v) is 3.75. The molecule has 1 unspecified atom stereocenters. The predicted molar refractivity (Wildman–Crippen MR) is 57.9 cm³/mol. The lowest BCUT2D eigenvalue weighted by Gasteiger charge is -2.28. The molecule has 0 bridgehead atoms. The Balaban J connectivity index is 3.75. The molecule has 0 aromatic heterocycles. The molecule has 0 fully saturated rings. The van der Waals surface area contributed by atoms with E-state index < -0.39 is 0 Å². The van der Waals surface area contributed by atoms with Crippen molar-refractivity contribution in [3.8, 4) is 0 Å². The maximum atomic E-state index is 8.91. The minimum absolute atomic E-state index is 0.289. The van der Waals surface area contributed by atoms with Crippen LogP contribution in [0.15, 0.2) is 0 Å². The lowest BCUT2D eigenvalue weighted by Crippen LogP contribution is -2.36. The third-order valence-electron chi connectivity index (χ3n) is 2.52. The van der Waals surface area contributed by atoms with Gasteiger partial charge in [0, 0.05) is 12.6 Å². The second-order valence-electron chi connectivity index (χ2n) is 3.75. The van der Waals surface area contributed by atoms with Gasteiger partial charge in [0.15, 0.2) is 0 Å². The van der Waals surface area contributed by atoms with E-state index in [2.05, 4.69) is 25.7 Å². The maximum Gasteiger partial charge on any atom is 0.0558 e. The van der Waals surface area contributed by atoms with Gasteiger partial charge in [-0.05, 0) is 26.3 Å². The van der Waals surface area contributed by atoms with Crippen LogP contribution < -0.4 is 0 Å².